The Balaban J connectivity index is 1.30. The van der Waals surface area contributed by atoms with Crippen molar-refractivity contribution in [1.82, 2.24) is 15.3 Å². The molecular formula is C21H14N4O2S3. The second kappa shape index (κ2) is 8.02. The lowest BCUT2D eigenvalue weighted by Crippen LogP contribution is -2.22. The quantitative estimate of drug-likeness (QED) is 0.461. The van der Waals surface area contributed by atoms with Crippen LogP contribution in [0, 0.1) is 0 Å². The van der Waals surface area contributed by atoms with Gasteiger partial charge in [-0.15, -0.1) is 22.7 Å². The monoisotopic (exact) mass is 450 g/mol. The molecule has 1 aliphatic rings. The molecule has 5 rings (SSSR count). The SMILES string of the molecule is O=C(NCc1cnc(-c2nccs2)s1)c1ccc2c(c1)NC(=O)c1ccccc1S2. The van der Waals surface area contributed by atoms with Crippen molar-refractivity contribution in [3.05, 3.63) is 76.2 Å². The van der Waals surface area contributed by atoms with E-state index in [0.29, 0.717) is 23.4 Å². The van der Waals surface area contributed by atoms with Crippen LogP contribution in [0.25, 0.3) is 10.0 Å². The van der Waals surface area contributed by atoms with Crippen LogP contribution in [0.1, 0.15) is 25.6 Å². The molecule has 4 aromatic rings. The van der Waals surface area contributed by atoms with E-state index in [1.165, 1.54) is 34.4 Å². The first-order valence-electron chi connectivity index (χ1n) is 9.02. The minimum atomic E-state index is -0.206. The maximum atomic E-state index is 12.7. The molecular weight excluding hydrogens is 436 g/mol. The number of aromatic nitrogens is 2. The van der Waals surface area contributed by atoms with E-state index in [1.54, 1.807) is 30.6 Å². The summed E-state index contributed by atoms with van der Waals surface area (Å²) >= 11 is 4.56. The molecule has 0 spiro atoms. The lowest BCUT2D eigenvalue weighted by Gasteiger charge is -2.09. The summed E-state index contributed by atoms with van der Waals surface area (Å²) < 4.78 is 0. The van der Waals surface area contributed by atoms with Gasteiger partial charge >= 0.3 is 0 Å². The Morgan fingerprint density at radius 2 is 1.97 bits per heavy atom. The largest absolute Gasteiger partial charge is 0.347 e. The molecule has 0 aliphatic carbocycles. The molecule has 0 unspecified atom stereocenters. The van der Waals surface area contributed by atoms with Crippen molar-refractivity contribution in [2.24, 2.45) is 0 Å². The van der Waals surface area contributed by atoms with Gasteiger partial charge in [0.2, 0.25) is 0 Å². The number of thiazole rings is 2. The van der Waals surface area contributed by atoms with E-state index < -0.39 is 0 Å². The van der Waals surface area contributed by atoms with E-state index >= 15 is 0 Å². The van der Waals surface area contributed by atoms with E-state index in [9.17, 15) is 9.59 Å². The number of nitrogens with one attached hydrogen (secondary N) is 2. The summed E-state index contributed by atoms with van der Waals surface area (Å²) in [4.78, 5) is 36.6. The van der Waals surface area contributed by atoms with E-state index in [4.69, 9.17) is 0 Å². The van der Waals surface area contributed by atoms with Gasteiger partial charge in [-0.2, -0.15) is 0 Å². The number of hydrogen-bond donors (Lipinski definition) is 2. The molecule has 0 radical (unpaired) electrons. The molecule has 2 N–H and O–H groups in total. The first kappa shape index (κ1) is 19.0. The number of anilines is 1. The highest BCUT2D eigenvalue weighted by atomic mass is 32.2. The molecule has 0 saturated carbocycles. The van der Waals surface area contributed by atoms with Crippen molar-refractivity contribution in [2.75, 3.05) is 5.32 Å². The van der Waals surface area contributed by atoms with Gasteiger partial charge in [-0.1, -0.05) is 23.9 Å². The zero-order valence-corrected chi connectivity index (χ0v) is 17.9. The predicted octanol–water partition coefficient (Wildman–Crippen LogP) is 4.91. The summed E-state index contributed by atoms with van der Waals surface area (Å²) in [5.41, 5.74) is 1.76. The van der Waals surface area contributed by atoms with Crippen molar-refractivity contribution in [3.63, 3.8) is 0 Å². The molecule has 30 heavy (non-hydrogen) atoms. The third-order valence-electron chi connectivity index (χ3n) is 4.43. The molecule has 6 nitrogen and oxygen atoms in total. The normalized spacial score (nSPS) is 12.5. The number of benzene rings is 2. The van der Waals surface area contributed by atoms with Crippen molar-refractivity contribution in [2.45, 2.75) is 16.3 Å². The van der Waals surface area contributed by atoms with Gasteiger partial charge in [0, 0.05) is 38.0 Å². The fraction of sp³-hybridized carbons (Fsp3) is 0.0476. The third-order valence-corrected chi connectivity index (χ3v) is 7.50. The van der Waals surface area contributed by atoms with Crippen molar-refractivity contribution >= 4 is 51.9 Å². The van der Waals surface area contributed by atoms with Crippen LogP contribution >= 0.6 is 34.4 Å². The molecule has 0 saturated heterocycles. The van der Waals surface area contributed by atoms with Gasteiger partial charge in [-0.05, 0) is 30.3 Å². The smallest absolute Gasteiger partial charge is 0.256 e. The van der Waals surface area contributed by atoms with Gasteiger partial charge in [0.15, 0.2) is 10.0 Å². The summed E-state index contributed by atoms with van der Waals surface area (Å²) in [5.74, 6) is -0.378. The van der Waals surface area contributed by atoms with Gasteiger partial charge in [0.05, 0.1) is 17.8 Å². The lowest BCUT2D eigenvalue weighted by molar-refractivity contribution is 0.0949. The number of carbonyl (C=O) groups excluding carboxylic acids is 2. The number of rotatable bonds is 4. The molecule has 0 fully saturated rings. The summed E-state index contributed by atoms with van der Waals surface area (Å²) in [6.07, 6.45) is 3.50. The minimum Gasteiger partial charge on any atom is -0.347 e. The number of nitrogens with zero attached hydrogens (tertiary/aromatic N) is 2. The average molecular weight is 451 g/mol. The van der Waals surface area contributed by atoms with E-state index in [1.807, 2.05) is 29.6 Å². The number of amides is 2. The Morgan fingerprint density at radius 3 is 2.83 bits per heavy atom. The lowest BCUT2D eigenvalue weighted by atomic mass is 10.1. The van der Waals surface area contributed by atoms with E-state index in [2.05, 4.69) is 20.6 Å². The Labute approximate surface area is 184 Å². The average Bonchev–Trinajstić information content (AvgIpc) is 3.43. The summed E-state index contributed by atoms with van der Waals surface area (Å²) in [6.45, 7) is 0.380. The summed E-state index contributed by atoms with van der Waals surface area (Å²) in [5, 5.41) is 9.46. The van der Waals surface area contributed by atoms with Gasteiger partial charge in [-0.25, -0.2) is 9.97 Å². The summed E-state index contributed by atoms with van der Waals surface area (Å²) in [7, 11) is 0. The fourth-order valence-electron chi connectivity index (χ4n) is 3.00. The third kappa shape index (κ3) is 3.74. The predicted molar refractivity (Wildman–Crippen MR) is 119 cm³/mol. The van der Waals surface area contributed by atoms with Crippen LogP contribution in [0.5, 0.6) is 0 Å². The Bertz CT molecular complexity index is 1250. The van der Waals surface area contributed by atoms with Gasteiger partial charge in [0.25, 0.3) is 11.8 Å². The van der Waals surface area contributed by atoms with Gasteiger partial charge in [0.1, 0.15) is 0 Å². The molecule has 1 aliphatic heterocycles. The molecule has 2 aromatic carbocycles. The van der Waals surface area contributed by atoms with Crippen LogP contribution in [0.15, 0.2) is 70.0 Å². The van der Waals surface area contributed by atoms with Crippen LogP contribution in [0.3, 0.4) is 0 Å². The molecule has 0 bridgehead atoms. The molecule has 0 atom stereocenters. The fourth-order valence-corrected chi connectivity index (χ4v) is 5.54. The highest BCUT2D eigenvalue weighted by Crippen LogP contribution is 2.39. The van der Waals surface area contributed by atoms with Crippen LogP contribution < -0.4 is 10.6 Å². The van der Waals surface area contributed by atoms with Crippen molar-refractivity contribution in [1.29, 1.82) is 0 Å². The first-order valence-corrected chi connectivity index (χ1v) is 11.5. The molecule has 3 heterocycles. The first-order chi connectivity index (χ1) is 14.7. The highest BCUT2D eigenvalue weighted by Gasteiger charge is 2.20. The van der Waals surface area contributed by atoms with Gasteiger partial charge < -0.3 is 10.6 Å². The zero-order valence-electron chi connectivity index (χ0n) is 15.4. The van der Waals surface area contributed by atoms with Gasteiger partial charge in [-0.3, -0.25) is 9.59 Å². The van der Waals surface area contributed by atoms with Crippen LogP contribution in [0.2, 0.25) is 0 Å². The van der Waals surface area contributed by atoms with Crippen LogP contribution in [-0.2, 0) is 6.54 Å². The Morgan fingerprint density at radius 1 is 1.07 bits per heavy atom. The molecule has 148 valence electrons. The number of hydrogen-bond acceptors (Lipinski definition) is 7. The van der Waals surface area contributed by atoms with E-state index in [0.717, 1.165) is 24.7 Å². The Kier molecular flexibility index (Phi) is 5.07. The second-order valence-electron chi connectivity index (χ2n) is 6.41. The van der Waals surface area contributed by atoms with Crippen LogP contribution in [-0.4, -0.2) is 21.8 Å². The van der Waals surface area contributed by atoms with Crippen LogP contribution in [0.4, 0.5) is 5.69 Å². The standard InChI is InChI=1S/C21H14N4O2S3/c26-18(23-10-13-11-24-21(29-13)20-22-7-8-28-20)12-5-6-17-15(9-12)25-19(27)14-3-1-2-4-16(14)30-17/h1-9,11H,10H2,(H,23,26)(H,25,27). The molecule has 9 heteroatoms. The van der Waals surface area contributed by atoms with E-state index in [-0.39, 0.29) is 11.8 Å². The highest BCUT2D eigenvalue weighted by molar-refractivity contribution is 7.99. The minimum absolute atomic E-state index is 0.172. The molecule has 2 aromatic heterocycles. The maximum Gasteiger partial charge on any atom is 0.256 e. The topological polar surface area (TPSA) is 84.0 Å². The second-order valence-corrected chi connectivity index (χ2v) is 9.51. The zero-order chi connectivity index (χ0) is 20.5. The number of fused-ring (bicyclic) bond motifs is 2. The number of carbonyl (C=O) groups is 2. The molecule has 2 amide bonds. The Hall–Kier alpha value is -3.01. The van der Waals surface area contributed by atoms with Crippen molar-refractivity contribution in [3.8, 4) is 10.0 Å². The van der Waals surface area contributed by atoms with Crippen molar-refractivity contribution < 1.29 is 9.59 Å². The maximum absolute atomic E-state index is 12.7. The summed E-state index contributed by atoms with van der Waals surface area (Å²) in [6, 6.07) is 12.8.